The maximum Gasteiger partial charge on any atom is 0.191 e. The summed E-state index contributed by atoms with van der Waals surface area (Å²) in [5.41, 5.74) is 0.247. The van der Waals surface area contributed by atoms with Crippen molar-refractivity contribution in [3.05, 3.63) is 35.4 Å². The molecule has 0 saturated carbocycles. The molecule has 6 heteroatoms. The number of aliphatic imine (C=N–C) groups is 1. The lowest BCUT2D eigenvalue weighted by molar-refractivity contribution is 0.585. The number of thioether (sulfide) groups is 1. The third-order valence-electron chi connectivity index (χ3n) is 2.99. The lowest BCUT2D eigenvalue weighted by Crippen LogP contribution is -2.43. The van der Waals surface area contributed by atoms with Crippen molar-refractivity contribution in [3.63, 3.8) is 0 Å². The van der Waals surface area contributed by atoms with E-state index in [0.29, 0.717) is 12.5 Å². The number of halogens is 2. The van der Waals surface area contributed by atoms with Gasteiger partial charge in [-0.3, -0.25) is 0 Å². The molecule has 0 heterocycles. The molecule has 1 aromatic rings. The van der Waals surface area contributed by atoms with Crippen LogP contribution in [0.4, 0.5) is 8.78 Å². The summed E-state index contributed by atoms with van der Waals surface area (Å²) in [6.07, 6.45) is 2.05. The van der Waals surface area contributed by atoms with Crippen LogP contribution in [-0.2, 0) is 6.54 Å². The fourth-order valence-corrected chi connectivity index (χ4v) is 1.76. The molecule has 0 bridgehead atoms. The van der Waals surface area contributed by atoms with Gasteiger partial charge in [-0.15, -0.1) is 0 Å². The van der Waals surface area contributed by atoms with Crippen molar-refractivity contribution in [2.45, 2.75) is 32.1 Å². The quantitative estimate of drug-likeness (QED) is 0.625. The molecule has 21 heavy (non-hydrogen) atoms. The number of benzene rings is 1. The molecule has 0 aliphatic carbocycles. The van der Waals surface area contributed by atoms with Crippen LogP contribution in [0.2, 0.25) is 0 Å². The Kier molecular flexibility index (Phi) is 6.95. The number of hydrogen-bond donors (Lipinski definition) is 2. The maximum atomic E-state index is 13.6. The fraction of sp³-hybridized carbons (Fsp3) is 0.533. The Morgan fingerprint density at radius 2 is 2.00 bits per heavy atom. The van der Waals surface area contributed by atoms with E-state index in [-0.39, 0.29) is 16.9 Å². The van der Waals surface area contributed by atoms with Crippen LogP contribution in [-0.4, -0.2) is 30.1 Å². The predicted octanol–water partition coefficient (Wildman–Crippen LogP) is 3.16. The van der Waals surface area contributed by atoms with Gasteiger partial charge in [0, 0.05) is 23.4 Å². The molecule has 0 saturated heterocycles. The van der Waals surface area contributed by atoms with Crippen molar-refractivity contribution < 1.29 is 8.78 Å². The first-order valence-electron chi connectivity index (χ1n) is 6.89. The zero-order chi connectivity index (χ0) is 15.9. The van der Waals surface area contributed by atoms with Crippen LogP contribution in [0.1, 0.15) is 26.3 Å². The van der Waals surface area contributed by atoms with E-state index in [0.717, 1.165) is 18.7 Å². The lowest BCUT2D eigenvalue weighted by atomic mass is 10.2. The molecule has 118 valence electrons. The van der Waals surface area contributed by atoms with Crippen LogP contribution in [0.5, 0.6) is 0 Å². The number of guanidine groups is 1. The van der Waals surface area contributed by atoms with Crippen LogP contribution in [0.15, 0.2) is 23.2 Å². The van der Waals surface area contributed by atoms with Gasteiger partial charge in [-0.1, -0.05) is 0 Å². The van der Waals surface area contributed by atoms with Gasteiger partial charge in [0.05, 0.1) is 6.54 Å². The molecule has 0 unspecified atom stereocenters. The van der Waals surface area contributed by atoms with E-state index >= 15 is 0 Å². The minimum absolute atomic E-state index is 0.0697. The van der Waals surface area contributed by atoms with Gasteiger partial charge in [0.15, 0.2) is 5.96 Å². The van der Waals surface area contributed by atoms with Gasteiger partial charge in [-0.25, -0.2) is 13.8 Å². The molecule has 0 atom stereocenters. The molecule has 0 spiro atoms. The number of rotatable bonds is 6. The largest absolute Gasteiger partial charge is 0.357 e. The molecule has 1 rings (SSSR count). The summed E-state index contributed by atoms with van der Waals surface area (Å²) in [6.45, 7) is 7.74. The summed E-state index contributed by atoms with van der Waals surface area (Å²) in [4.78, 5) is 4.30. The Labute approximate surface area is 129 Å². The van der Waals surface area contributed by atoms with Crippen LogP contribution < -0.4 is 10.6 Å². The Hall–Kier alpha value is -1.30. The Balaban J connectivity index is 2.73. The first-order chi connectivity index (χ1) is 9.88. The SMILES string of the molecule is CCNC(=NCc1cc(F)ccc1F)NCC(C)(C)SC. The Bertz CT molecular complexity index is 490. The average Bonchev–Trinajstić information content (AvgIpc) is 2.45. The van der Waals surface area contributed by atoms with Gasteiger partial charge in [-0.05, 0) is 45.2 Å². The van der Waals surface area contributed by atoms with Gasteiger partial charge in [0.1, 0.15) is 11.6 Å². The van der Waals surface area contributed by atoms with Crippen LogP contribution >= 0.6 is 11.8 Å². The topological polar surface area (TPSA) is 36.4 Å². The van der Waals surface area contributed by atoms with Crippen LogP contribution in [0.25, 0.3) is 0 Å². The summed E-state index contributed by atoms with van der Waals surface area (Å²) >= 11 is 1.75. The molecule has 0 fully saturated rings. The Morgan fingerprint density at radius 3 is 2.62 bits per heavy atom. The van der Waals surface area contributed by atoms with Crippen LogP contribution in [0.3, 0.4) is 0 Å². The second kappa shape index (κ2) is 8.22. The molecule has 2 N–H and O–H groups in total. The minimum atomic E-state index is -0.455. The summed E-state index contributed by atoms with van der Waals surface area (Å²) < 4.78 is 26.7. The van der Waals surface area contributed by atoms with E-state index in [4.69, 9.17) is 0 Å². The van der Waals surface area contributed by atoms with Crippen molar-refractivity contribution in [2.75, 3.05) is 19.3 Å². The molecule has 0 aliphatic heterocycles. The van der Waals surface area contributed by atoms with E-state index in [2.05, 4.69) is 29.5 Å². The van der Waals surface area contributed by atoms with E-state index in [9.17, 15) is 8.78 Å². The molecule has 0 amide bonds. The molecular weight excluding hydrogens is 292 g/mol. The zero-order valence-corrected chi connectivity index (χ0v) is 13.8. The fourth-order valence-electron chi connectivity index (χ4n) is 1.54. The van der Waals surface area contributed by atoms with Gasteiger partial charge >= 0.3 is 0 Å². The lowest BCUT2D eigenvalue weighted by Gasteiger charge is -2.23. The monoisotopic (exact) mass is 315 g/mol. The first-order valence-corrected chi connectivity index (χ1v) is 8.11. The predicted molar refractivity (Wildman–Crippen MR) is 86.8 cm³/mol. The molecule has 0 radical (unpaired) electrons. The number of nitrogens with one attached hydrogen (secondary N) is 2. The second-order valence-electron chi connectivity index (χ2n) is 5.25. The van der Waals surface area contributed by atoms with Gasteiger partial charge in [0.25, 0.3) is 0 Å². The highest BCUT2D eigenvalue weighted by atomic mass is 32.2. The second-order valence-corrected chi connectivity index (χ2v) is 6.76. The highest BCUT2D eigenvalue weighted by Gasteiger charge is 2.16. The van der Waals surface area contributed by atoms with Crippen molar-refractivity contribution in [1.82, 2.24) is 10.6 Å². The smallest absolute Gasteiger partial charge is 0.191 e. The van der Waals surface area contributed by atoms with Gasteiger partial charge in [-0.2, -0.15) is 11.8 Å². The first kappa shape index (κ1) is 17.8. The van der Waals surface area contributed by atoms with Crippen molar-refractivity contribution in [1.29, 1.82) is 0 Å². The van der Waals surface area contributed by atoms with Gasteiger partial charge < -0.3 is 10.6 Å². The molecular formula is C15H23F2N3S. The number of nitrogens with zero attached hydrogens (tertiary/aromatic N) is 1. The molecule has 0 aliphatic rings. The van der Waals surface area contributed by atoms with Gasteiger partial charge in [0.2, 0.25) is 0 Å². The normalized spacial score (nSPS) is 12.4. The van der Waals surface area contributed by atoms with Crippen molar-refractivity contribution in [3.8, 4) is 0 Å². The van der Waals surface area contributed by atoms with E-state index < -0.39 is 11.6 Å². The highest BCUT2D eigenvalue weighted by molar-refractivity contribution is 7.99. The summed E-state index contributed by atoms with van der Waals surface area (Å²) in [5, 5.41) is 6.32. The van der Waals surface area contributed by atoms with E-state index in [1.807, 2.05) is 13.2 Å². The third-order valence-corrected chi connectivity index (χ3v) is 4.24. The van der Waals surface area contributed by atoms with Crippen molar-refractivity contribution >= 4 is 17.7 Å². The van der Waals surface area contributed by atoms with Crippen LogP contribution in [0, 0.1) is 11.6 Å². The minimum Gasteiger partial charge on any atom is -0.357 e. The standard InChI is InChI=1S/C15H23F2N3S/c1-5-18-14(20-10-15(2,3)21-4)19-9-11-8-12(16)6-7-13(11)17/h6-8H,5,9-10H2,1-4H3,(H2,18,19,20). The molecule has 3 nitrogen and oxygen atoms in total. The maximum absolute atomic E-state index is 13.6. The third kappa shape index (κ3) is 6.33. The zero-order valence-electron chi connectivity index (χ0n) is 13.0. The Morgan fingerprint density at radius 1 is 1.29 bits per heavy atom. The number of hydrogen-bond acceptors (Lipinski definition) is 2. The van der Waals surface area contributed by atoms with E-state index in [1.54, 1.807) is 11.8 Å². The average molecular weight is 315 g/mol. The summed E-state index contributed by atoms with van der Waals surface area (Å²) in [5.74, 6) is -0.299. The highest BCUT2D eigenvalue weighted by Crippen LogP contribution is 2.19. The summed E-state index contributed by atoms with van der Waals surface area (Å²) in [7, 11) is 0. The molecule has 1 aromatic carbocycles. The molecule has 0 aromatic heterocycles. The van der Waals surface area contributed by atoms with E-state index in [1.165, 1.54) is 6.07 Å². The van der Waals surface area contributed by atoms with Crippen molar-refractivity contribution in [2.24, 2.45) is 4.99 Å². The summed E-state index contributed by atoms with van der Waals surface area (Å²) in [6, 6.07) is 3.40.